The van der Waals surface area contributed by atoms with E-state index in [2.05, 4.69) is 16.1 Å². The third-order valence-corrected chi connectivity index (χ3v) is 8.93. The first-order valence-corrected chi connectivity index (χ1v) is 15.6. The molecule has 5 atom stereocenters. The van der Waals surface area contributed by atoms with E-state index in [0.717, 1.165) is 12.1 Å². The molecule has 1 aliphatic carbocycles. The van der Waals surface area contributed by atoms with Crippen LogP contribution in [0.5, 0.6) is 5.75 Å². The molecule has 4 heterocycles. The Balaban J connectivity index is 0.00000113. The Morgan fingerprint density at radius 1 is 1.00 bits per heavy atom. The number of amides is 2. The van der Waals surface area contributed by atoms with Gasteiger partial charge in [-0.15, -0.1) is 0 Å². The summed E-state index contributed by atoms with van der Waals surface area (Å²) in [5.74, 6) is -1.40. The normalized spacial score (nSPS) is 24.4. The molecule has 0 saturated carbocycles. The third-order valence-electron chi connectivity index (χ3n) is 8.93. The lowest BCUT2D eigenvalue weighted by molar-refractivity contribution is -0.261. The monoisotopic (exact) mass is 683 g/mol. The van der Waals surface area contributed by atoms with Gasteiger partial charge in [-0.05, 0) is 25.6 Å². The van der Waals surface area contributed by atoms with Crippen molar-refractivity contribution in [1.82, 2.24) is 20.3 Å². The number of aliphatic hydroxyl groups is 7. The van der Waals surface area contributed by atoms with Crippen LogP contribution >= 0.6 is 0 Å². The van der Waals surface area contributed by atoms with E-state index in [-0.39, 0.29) is 23.4 Å². The molecule has 16 nitrogen and oxygen atoms in total. The zero-order valence-electron chi connectivity index (χ0n) is 26.8. The van der Waals surface area contributed by atoms with Gasteiger partial charge in [0.2, 0.25) is 0 Å². The number of phenols is 1. The number of hydrogen-bond donors (Lipinski definition) is 11. The number of carbonyl (C=O) groups excluding carboxylic acids is 2. The minimum atomic E-state index is -1.62. The Labute approximate surface area is 280 Å². The SMILES string of the molecule is CN.CO.O=C1c2c3c(c4[nH]c5cc(O)ccc5c4c2C(=O)N1NC(CO)CO)CN(C1OC(CO)C(O)C(O)C1O)C1=CCC=CC=C13. The molecular formula is C33H41N5O11. The van der Waals surface area contributed by atoms with Crippen LogP contribution in [0.2, 0.25) is 0 Å². The van der Waals surface area contributed by atoms with Gasteiger partial charge in [-0.2, -0.15) is 0 Å². The molecule has 2 aromatic carbocycles. The lowest BCUT2D eigenvalue weighted by Gasteiger charge is -2.48. The maximum atomic E-state index is 14.2. The van der Waals surface area contributed by atoms with Crippen LogP contribution in [0.1, 0.15) is 38.3 Å². The smallest absolute Gasteiger partial charge is 0.276 e. The van der Waals surface area contributed by atoms with Crippen molar-refractivity contribution in [2.45, 2.75) is 49.7 Å². The van der Waals surface area contributed by atoms with E-state index >= 15 is 0 Å². The number of allylic oxidation sites excluding steroid dienone is 5. The Hall–Kier alpha value is -4.20. The molecule has 0 radical (unpaired) electrons. The van der Waals surface area contributed by atoms with Gasteiger partial charge in [0.05, 0.1) is 48.0 Å². The number of hydrogen-bond acceptors (Lipinski definition) is 14. The Morgan fingerprint density at radius 3 is 2.37 bits per heavy atom. The zero-order valence-corrected chi connectivity index (χ0v) is 26.8. The standard InChI is InChI=1S/C31H32N4O10.CH5N.CH4O/c36-10-13(11-37)33-35-29(43)23-21-16-4-2-1-3-5-19(16)34(31-28(42)27(41)26(40)20(12-38)45-31)9-17(21)25-22(24(23)30(35)44)15-7-6-14(39)8-18(15)32-25;2*1-2/h1-2,4-8,13,20,26-28,31-33,36-42H,3,9-12H2;2H2,1H3;2H,1H3. The summed E-state index contributed by atoms with van der Waals surface area (Å²) in [6.45, 7) is -1.68. The quantitative estimate of drug-likeness (QED) is 0.132. The molecular weight excluding hydrogens is 642 g/mol. The molecule has 49 heavy (non-hydrogen) atoms. The molecule has 7 rings (SSSR count). The van der Waals surface area contributed by atoms with E-state index in [4.69, 9.17) is 9.84 Å². The van der Waals surface area contributed by atoms with Crippen LogP contribution < -0.4 is 11.2 Å². The van der Waals surface area contributed by atoms with E-state index in [1.807, 2.05) is 12.2 Å². The summed E-state index contributed by atoms with van der Waals surface area (Å²) in [5.41, 5.74) is 10.4. The van der Waals surface area contributed by atoms with Gasteiger partial charge in [0.1, 0.15) is 30.2 Å². The maximum absolute atomic E-state index is 14.2. The number of nitrogens with one attached hydrogen (secondary N) is 2. The van der Waals surface area contributed by atoms with Crippen LogP contribution in [0.3, 0.4) is 0 Å². The van der Waals surface area contributed by atoms with Gasteiger partial charge in [0.25, 0.3) is 11.8 Å². The molecule has 264 valence electrons. The largest absolute Gasteiger partial charge is 0.508 e. The molecule has 0 spiro atoms. The molecule has 0 bridgehead atoms. The van der Waals surface area contributed by atoms with Gasteiger partial charge >= 0.3 is 0 Å². The number of nitrogens with two attached hydrogens (primary N) is 1. The van der Waals surface area contributed by atoms with Crippen LogP contribution in [-0.4, -0.2) is 138 Å². The minimum Gasteiger partial charge on any atom is -0.508 e. The molecule has 16 heteroatoms. The van der Waals surface area contributed by atoms with Crippen molar-refractivity contribution < 1.29 is 55.2 Å². The number of aliphatic hydroxyl groups excluding tert-OH is 7. The van der Waals surface area contributed by atoms with Crippen molar-refractivity contribution >= 4 is 39.2 Å². The topological polar surface area (TPSA) is 266 Å². The number of aromatic hydroxyl groups is 1. The second kappa shape index (κ2) is 14.7. The van der Waals surface area contributed by atoms with Gasteiger partial charge in [0, 0.05) is 52.9 Å². The average molecular weight is 684 g/mol. The number of aromatic nitrogens is 1. The zero-order chi connectivity index (χ0) is 35.7. The summed E-state index contributed by atoms with van der Waals surface area (Å²) in [5, 5.41) is 80.5. The molecule has 1 fully saturated rings. The van der Waals surface area contributed by atoms with Crippen LogP contribution in [-0.2, 0) is 11.3 Å². The van der Waals surface area contributed by atoms with Crippen LogP contribution in [0.4, 0.5) is 0 Å². The first-order valence-electron chi connectivity index (χ1n) is 15.6. The molecule has 5 unspecified atom stereocenters. The van der Waals surface area contributed by atoms with Gasteiger partial charge in [-0.3, -0.25) is 9.59 Å². The fourth-order valence-electron chi connectivity index (χ4n) is 6.76. The Bertz CT molecular complexity index is 1830. The van der Waals surface area contributed by atoms with E-state index in [1.165, 1.54) is 19.2 Å². The molecule has 1 saturated heterocycles. The van der Waals surface area contributed by atoms with Crippen molar-refractivity contribution in [2.24, 2.45) is 5.73 Å². The van der Waals surface area contributed by atoms with E-state index < -0.39 is 68.3 Å². The maximum Gasteiger partial charge on any atom is 0.276 e. The third kappa shape index (κ3) is 5.81. The highest BCUT2D eigenvalue weighted by atomic mass is 16.6. The second-order valence-corrected chi connectivity index (χ2v) is 11.5. The first kappa shape index (κ1) is 36.1. The number of ether oxygens (including phenoxy) is 1. The number of aromatic amines is 1. The predicted molar refractivity (Wildman–Crippen MR) is 176 cm³/mol. The molecule has 3 aliphatic heterocycles. The number of imide groups is 1. The van der Waals surface area contributed by atoms with E-state index in [0.29, 0.717) is 50.6 Å². The highest BCUT2D eigenvalue weighted by molar-refractivity contribution is 6.32. The minimum absolute atomic E-state index is 0.00852. The average Bonchev–Trinajstić information content (AvgIpc) is 3.47. The molecule has 3 aromatic rings. The van der Waals surface area contributed by atoms with Crippen LogP contribution in [0.25, 0.3) is 27.4 Å². The van der Waals surface area contributed by atoms with Gasteiger partial charge in [0.15, 0.2) is 6.23 Å². The molecule has 1 aromatic heterocycles. The number of nitrogens with zero attached hydrogens (tertiary/aromatic N) is 2. The van der Waals surface area contributed by atoms with Crippen molar-refractivity contribution in [2.75, 3.05) is 34.0 Å². The number of benzene rings is 2. The van der Waals surface area contributed by atoms with Gasteiger partial charge in [-0.1, -0.05) is 24.3 Å². The van der Waals surface area contributed by atoms with Crippen molar-refractivity contribution in [3.05, 3.63) is 70.5 Å². The van der Waals surface area contributed by atoms with Crippen LogP contribution in [0.15, 0.2) is 48.2 Å². The summed E-state index contributed by atoms with van der Waals surface area (Å²) in [4.78, 5) is 33.2. The summed E-state index contributed by atoms with van der Waals surface area (Å²) >= 11 is 0. The lowest BCUT2D eigenvalue weighted by atomic mass is 9.83. The van der Waals surface area contributed by atoms with Gasteiger partial charge < -0.3 is 61.2 Å². The number of H-pyrrole nitrogens is 1. The summed E-state index contributed by atoms with van der Waals surface area (Å²) in [6.07, 6.45) is 0.617. The van der Waals surface area contributed by atoms with Crippen LogP contribution in [0, 0.1) is 0 Å². The summed E-state index contributed by atoms with van der Waals surface area (Å²) < 4.78 is 5.98. The number of fused-ring (bicyclic) bond motifs is 10. The fourth-order valence-corrected chi connectivity index (χ4v) is 6.76. The first-order chi connectivity index (χ1) is 23.7. The number of hydrazine groups is 1. The Kier molecular flexibility index (Phi) is 10.9. The van der Waals surface area contributed by atoms with E-state index in [1.54, 1.807) is 23.1 Å². The Morgan fingerprint density at radius 2 is 1.69 bits per heavy atom. The highest BCUT2D eigenvalue weighted by Gasteiger charge is 2.50. The second-order valence-electron chi connectivity index (χ2n) is 11.5. The van der Waals surface area contributed by atoms with Crippen molar-refractivity contribution in [1.29, 1.82) is 0 Å². The summed E-state index contributed by atoms with van der Waals surface area (Å²) in [7, 11) is 2.50. The molecule has 12 N–H and O–H groups in total. The lowest BCUT2D eigenvalue weighted by Crippen LogP contribution is -2.63. The predicted octanol–water partition coefficient (Wildman–Crippen LogP) is -1.49. The molecule has 2 amide bonds. The fraction of sp³-hybridized carbons (Fsp3) is 0.394. The number of phenolic OH excluding ortho intramolecular Hbond substituents is 1. The van der Waals surface area contributed by atoms with Gasteiger partial charge in [-0.25, -0.2) is 10.4 Å². The number of carbonyl (C=O) groups is 2. The summed E-state index contributed by atoms with van der Waals surface area (Å²) in [6, 6.07) is 3.60. The molecule has 4 aliphatic rings. The highest BCUT2D eigenvalue weighted by Crippen LogP contribution is 2.49. The van der Waals surface area contributed by atoms with Crippen molar-refractivity contribution in [3.8, 4) is 5.75 Å². The van der Waals surface area contributed by atoms with E-state index in [9.17, 15) is 45.3 Å². The van der Waals surface area contributed by atoms with Crippen molar-refractivity contribution in [3.63, 3.8) is 0 Å². The number of rotatable bonds is 6.